The minimum absolute atomic E-state index is 0.0972. The van der Waals surface area contributed by atoms with Crippen molar-refractivity contribution in [1.82, 2.24) is 0 Å². The van der Waals surface area contributed by atoms with Crippen LogP contribution in [0.2, 0.25) is 0 Å². The molecule has 0 amide bonds. The average Bonchev–Trinajstić information content (AvgIpc) is 2.00. The molecule has 0 aromatic heterocycles. The van der Waals surface area contributed by atoms with E-state index >= 15 is 0 Å². The Labute approximate surface area is 53.2 Å². The van der Waals surface area contributed by atoms with Crippen molar-refractivity contribution in [3.63, 3.8) is 0 Å². The maximum absolute atomic E-state index is 12.5. The zero-order valence-electron chi connectivity index (χ0n) is 5.62. The third-order valence-electron chi connectivity index (χ3n) is 2.32. The molecule has 0 aromatic carbocycles. The molecule has 2 N–H and O–H groups in total. The number of hydrogen-bond donors (Lipinski definition) is 1. The second-order valence-electron chi connectivity index (χ2n) is 3.13. The van der Waals surface area contributed by atoms with E-state index in [1.807, 2.05) is 0 Å². The summed E-state index contributed by atoms with van der Waals surface area (Å²) in [5, 5.41) is 0. The third kappa shape index (κ3) is 0.611. The molecule has 0 aliphatic heterocycles. The Bertz CT molecular complexity index is 117. The summed E-state index contributed by atoms with van der Waals surface area (Å²) >= 11 is 0. The van der Waals surface area contributed by atoms with E-state index in [1.165, 1.54) is 0 Å². The minimum atomic E-state index is -2.51. The Morgan fingerprint density at radius 1 is 1.44 bits per heavy atom. The SMILES string of the molecule is CC1(C)[C@@H](CN)C1(F)F. The van der Waals surface area contributed by atoms with Gasteiger partial charge in [-0.2, -0.15) is 0 Å². The number of halogens is 2. The van der Waals surface area contributed by atoms with Gasteiger partial charge in [0.25, 0.3) is 5.92 Å². The molecule has 0 bridgehead atoms. The fourth-order valence-electron chi connectivity index (χ4n) is 1.20. The number of hydrogen-bond acceptors (Lipinski definition) is 1. The summed E-state index contributed by atoms with van der Waals surface area (Å²) in [7, 11) is 0. The van der Waals surface area contributed by atoms with Crippen LogP contribution < -0.4 is 5.73 Å². The van der Waals surface area contributed by atoms with Gasteiger partial charge >= 0.3 is 0 Å². The van der Waals surface area contributed by atoms with Crippen LogP contribution in [0.3, 0.4) is 0 Å². The van der Waals surface area contributed by atoms with Gasteiger partial charge in [-0.1, -0.05) is 13.8 Å². The first-order chi connectivity index (χ1) is 3.94. The highest BCUT2D eigenvalue weighted by atomic mass is 19.3. The molecule has 9 heavy (non-hydrogen) atoms. The predicted molar refractivity (Wildman–Crippen MR) is 31.3 cm³/mol. The van der Waals surface area contributed by atoms with Crippen LogP contribution in [0.5, 0.6) is 0 Å². The molecule has 0 saturated heterocycles. The van der Waals surface area contributed by atoms with Gasteiger partial charge in [0.2, 0.25) is 0 Å². The number of rotatable bonds is 1. The molecule has 0 spiro atoms. The summed E-state index contributed by atoms with van der Waals surface area (Å²) < 4.78 is 25.0. The molecule has 1 nitrogen and oxygen atoms in total. The zero-order chi connectivity index (χ0) is 7.28. The lowest BCUT2D eigenvalue weighted by molar-refractivity contribution is 0.0674. The first-order valence-corrected chi connectivity index (χ1v) is 3.02. The molecule has 1 saturated carbocycles. The van der Waals surface area contributed by atoms with Crippen LogP contribution in [0.15, 0.2) is 0 Å². The maximum Gasteiger partial charge on any atom is 0.258 e. The second kappa shape index (κ2) is 1.45. The van der Waals surface area contributed by atoms with Crippen LogP contribution in [0.1, 0.15) is 13.8 Å². The Balaban J connectivity index is 2.66. The molecule has 54 valence electrons. The third-order valence-corrected chi connectivity index (χ3v) is 2.32. The van der Waals surface area contributed by atoms with Gasteiger partial charge in [-0.05, 0) is 0 Å². The van der Waals surface area contributed by atoms with Crippen LogP contribution >= 0.6 is 0 Å². The van der Waals surface area contributed by atoms with Crippen molar-refractivity contribution in [2.24, 2.45) is 17.1 Å². The van der Waals surface area contributed by atoms with E-state index in [9.17, 15) is 8.78 Å². The molecule has 1 rings (SSSR count). The first kappa shape index (κ1) is 6.93. The van der Waals surface area contributed by atoms with Gasteiger partial charge in [-0.15, -0.1) is 0 Å². The minimum Gasteiger partial charge on any atom is -0.330 e. The van der Waals surface area contributed by atoms with Gasteiger partial charge in [0, 0.05) is 17.9 Å². The quantitative estimate of drug-likeness (QED) is 0.575. The van der Waals surface area contributed by atoms with Crippen molar-refractivity contribution in [3.05, 3.63) is 0 Å². The Kier molecular flexibility index (Phi) is 1.12. The lowest BCUT2D eigenvalue weighted by atomic mass is 10.1. The van der Waals surface area contributed by atoms with Crippen LogP contribution in [-0.4, -0.2) is 12.5 Å². The number of nitrogens with two attached hydrogens (primary N) is 1. The fourth-order valence-corrected chi connectivity index (χ4v) is 1.20. The monoisotopic (exact) mass is 135 g/mol. The van der Waals surface area contributed by atoms with E-state index in [0.29, 0.717) is 0 Å². The highest BCUT2D eigenvalue weighted by Crippen LogP contribution is 2.64. The van der Waals surface area contributed by atoms with Gasteiger partial charge in [-0.3, -0.25) is 0 Å². The smallest absolute Gasteiger partial charge is 0.258 e. The van der Waals surface area contributed by atoms with Crippen molar-refractivity contribution in [2.45, 2.75) is 19.8 Å². The van der Waals surface area contributed by atoms with Gasteiger partial charge in [0.05, 0.1) is 0 Å². The van der Waals surface area contributed by atoms with Crippen LogP contribution in [0, 0.1) is 11.3 Å². The largest absolute Gasteiger partial charge is 0.330 e. The molecule has 0 aromatic rings. The fraction of sp³-hybridized carbons (Fsp3) is 1.00. The first-order valence-electron chi connectivity index (χ1n) is 3.02. The summed E-state index contributed by atoms with van der Waals surface area (Å²) in [5.41, 5.74) is 4.26. The van der Waals surface area contributed by atoms with E-state index in [1.54, 1.807) is 13.8 Å². The van der Waals surface area contributed by atoms with Crippen molar-refractivity contribution in [1.29, 1.82) is 0 Å². The van der Waals surface area contributed by atoms with Crippen molar-refractivity contribution < 1.29 is 8.78 Å². The van der Waals surface area contributed by atoms with E-state index < -0.39 is 17.3 Å². The van der Waals surface area contributed by atoms with E-state index in [0.717, 1.165) is 0 Å². The van der Waals surface area contributed by atoms with Gasteiger partial charge < -0.3 is 5.73 Å². The van der Waals surface area contributed by atoms with Crippen molar-refractivity contribution in [3.8, 4) is 0 Å². The molecular formula is C6H11F2N. The van der Waals surface area contributed by atoms with Crippen LogP contribution in [0.4, 0.5) is 8.78 Å². The van der Waals surface area contributed by atoms with Gasteiger partial charge in [0.15, 0.2) is 0 Å². The molecule has 1 aliphatic rings. The normalized spacial score (nSPS) is 36.3. The second-order valence-corrected chi connectivity index (χ2v) is 3.13. The summed E-state index contributed by atoms with van der Waals surface area (Å²) in [6.45, 7) is 3.19. The zero-order valence-corrected chi connectivity index (χ0v) is 5.62. The molecule has 1 aliphatic carbocycles. The topological polar surface area (TPSA) is 26.0 Å². The standard InChI is InChI=1S/C6H11F2N/c1-5(2)4(3-9)6(5,7)8/h4H,3,9H2,1-2H3/t4-/m1/s1. The molecule has 0 radical (unpaired) electrons. The average molecular weight is 135 g/mol. The molecule has 1 fully saturated rings. The summed E-state index contributed by atoms with van der Waals surface area (Å²) in [4.78, 5) is 0. The highest BCUT2D eigenvalue weighted by molar-refractivity contribution is 5.13. The number of alkyl halides is 2. The highest BCUT2D eigenvalue weighted by Gasteiger charge is 2.73. The molecular weight excluding hydrogens is 124 g/mol. The summed E-state index contributed by atoms with van der Waals surface area (Å²) in [6.07, 6.45) is 0. The molecule has 0 heterocycles. The van der Waals surface area contributed by atoms with Crippen LogP contribution in [0.25, 0.3) is 0 Å². The summed E-state index contributed by atoms with van der Waals surface area (Å²) in [5.74, 6) is -3.10. The summed E-state index contributed by atoms with van der Waals surface area (Å²) in [6, 6.07) is 0. The Morgan fingerprint density at radius 2 is 1.78 bits per heavy atom. The van der Waals surface area contributed by atoms with E-state index in [-0.39, 0.29) is 6.54 Å². The van der Waals surface area contributed by atoms with Crippen molar-refractivity contribution in [2.75, 3.05) is 6.54 Å². The lowest BCUT2D eigenvalue weighted by Crippen LogP contribution is -2.06. The molecule has 3 heteroatoms. The molecule has 0 unspecified atom stereocenters. The maximum atomic E-state index is 12.5. The van der Waals surface area contributed by atoms with Crippen LogP contribution in [-0.2, 0) is 0 Å². The molecule has 1 atom stereocenters. The van der Waals surface area contributed by atoms with E-state index in [4.69, 9.17) is 5.73 Å². The Hall–Kier alpha value is -0.180. The van der Waals surface area contributed by atoms with Gasteiger partial charge in [0.1, 0.15) is 0 Å². The lowest BCUT2D eigenvalue weighted by Gasteiger charge is -1.96. The van der Waals surface area contributed by atoms with E-state index in [2.05, 4.69) is 0 Å². The predicted octanol–water partition coefficient (Wildman–Crippen LogP) is 1.24. The van der Waals surface area contributed by atoms with Gasteiger partial charge in [-0.25, -0.2) is 8.78 Å². The van der Waals surface area contributed by atoms with Crippen molar-refractivity contribution >= 4 is 0 Å². The Morgan fingerprint density at radius 3 is 1.78 bits per heavy atom.